The third-order valence-electron chi connectivity index (χ3n) is 2.81. The molecule has 0 radical (unpaired) electrons. The van der Waals surface area contributed by atoms with E-state index in [1.54, 1.807) is 0 Å². The summed E-state index contributed by atoms with van der Waals surface area (Å²) in [5, 5.41) is 8.79. The van der Waals surface area contributed by atoms with Gasteiger partial charge in [0.1, 0.15) is 0 Å². The van der Waals surface area contributed by atoms with Crippen molar-refractivity contribution in [1.29, 1.82) is 0 Å². The van der Waals surface area contributed by atoms with E-state index in [1.807, 2.05) is 0 Å². The lowest BCUT2D eigenvalue weighted by molar-refractivity contribution is 0.975. The molecule has 70 valence electrons. The summed E-state index contributed by atoms with van der Waals surface area (Å²) in [7, 11) is 0. The number of aromatic nitrogens is 2. The molecule has 2 heteroatoms. The van der Waals surface area contributed by atoms with Gasteiger partial charge in [0.15, 0.2) is 0 Å². The van der Waals surface area contributed by atoms with Crippen molar-refractivity contribution in [2.45, 2.75) is 19.3 Å². The summed E-state index contributed by atoms with van der Waals surface area (Å²) in [4.78, 5) is 0. The SMILES string of the molecule is C1=C\Cc2n[nH]c3cccc(c23)CC/1. The highest BCUT2D eigenvalue weighted by atomic mass is 15.1. The summed E-state index contributed by atoms with van der Waals surface area (Å²) in [6.07, 6.45) is 7.68. The minimum absolute atomic E-state index is 0.955. The molecular formula is C12H12N2. The number of allylic oxidation sites excluding steroid dienone is 2. The molecule has 2 aromatic rings. The van der Waals surface area contributed by atoms with Gasteiger partial charge in [0.05, 0.1) is 11.2 Å². The number of nitrogens with zero attached hydrogens (tertiary/aromatic N) is 1. The highest BCUT2D eigenvalue weighted by molar-refractivity contribution is 5.85. The Morgan fingerprint density at radius 1 is 1.21 bits per heavy atom. The maximum Gasteiger partial charge on any atom is 0.0741 e. The molecular weight excluding hydrogens is 172 g/mol. The fourth-order valence-electron chi connectivity index (χ4n) is 2.13. The lowest BCUT2D eigenvalue weighted by atomic mass is 9.99. The van der Waals surface area contributed by atoms with Crippen LogP contribution in [0.1, 0.15) is 17.7 Å². The predicted molar refractivity (Wildman–Crippen MR) is 57.3 cm³/mol. The van der Waals surface area contributed by atoms with Gasteiger partial charge in [-0.1, -0.05) is 24.3 Å². The first-order valence-electron chi connectivity index (χ1n) is 5.05. The maximum atomic E-state index is 4.35. The molecule has 1 N–H and O–H groups in total. The Kier molecular flexibility index (Phi) is 1.66. The van der Waals surface area contributed by atoms with Gasteiger partial charge in [0.25, 0.3) is 0 Å². The zero-order valence-electron chi connectivity index (χ0n) is 7.96. The molecule has 3 rings (SSSR count). The van der Waals surface area contributed by atoms with E-state index < -0.39 is 0 Å². The smallest absolute Gasteiger partial charge is 0.0741 e. The molecule has 1 aromatic carbocycles. The Bertz CT molecular complexity index is 494. The number of H-pyrrole nitrogens is 1. The fraction of sp³-hybridized carbons (Fsp3) is 0.250. The summed E-state index contributed by atoms with van der Waals surface area (Å²) in [5.41, 5.74) is 3.79. The lowest BCUT2D eigenvalue weighted by Crippen LogP contribution is -1.91. The van der Waals surface area contributed by atoms with Crippen LogP contribution in [0.2, 0.25) is 0 Å². The van der Waals surface area contributed by atoms with Crippen molar-refractivity contribution in [3.8, 4) is 0 Å². The second kappa shape index (κ2) is 2.98. The zero-order valence-corrected chi connectivity index (χ0v) is 7.96. The third-order valence-corrected chi connectivity index (χ3v) is 2.81. The fourth-order valence-corrected chi connectivity index (χ4v) is 2.13. The number of nitrogens with one attached hydrogen (secondary N) is 1. The van der Waals surface area contributed by atoms with Crippen LogP contribution in [0, 0.1) is 0 Å². The number of hydrogen-bond donors (Lipinski definition) is 1. The van der Waals surface area contributed by atoms with Gasteiger partial charge in [-0.2, -0.15) is 5.10 Å². The molecule has 0 saturated carbocycles. The molecule has 1 aromatic heterocycles. The minimum Gasteiger partial charge on any atom is -0.278 e. The summed E-state index contributed by atoms with van der Waals surface area (Å²) < 4.78 is 0. The molecule has 2 nitrogen and oxygen atoms in total. The van der Waals surface area contributed by atoms with Crippen LogP contribution in [-0.4, -0.2) is 10.2 Å². The van der Waals surface area contributed by atoms with Crippen LogP contribution >= 0.6 is 0 Å². The summed E-state index contributed by atoms with van der Waals surface area (Å²) in [6, 6.07) is 6.41. The van der Waals surface area contributed by atoms with Crippen LogP contribution < -0.4 is 0 Å². The Balaban J connectivity index is 2.33. The van der Waals surface area contributed by atoms with E-state index in [2.05, 4.69) is 40.5 Å². The average molecular weight is 184 g/mol. The number of rotatable bonds is 0. The molecule has 14 heavy (non-hydrogen) atoms. The van der Waals surface area contributed by atoms with Crippen LogP contribution in [0.4, 0.5) is 0 Å². The molecule has 0 saturated heterocycles. The molecule has 1 aliphatic carbocycles. The van der Waals surface area contributed by atoms with Gasteiger partial charge < -0.3 is 0 Å². The van der Waals surface area contributed by atoms with E-state index in [4.69, 9.17) is 0 Å². The lowest BCUT2D eigenvalue weighted by Gasteiger charge is -2.05. The first-order valence-corrected chi connectivity index (χ1v) is 5.05. The van der Waals surface area contributed by atoms with Crippen molar-refractivity contribution in [2.24, 2.45) is 0 Å². The molecule has 1 heterocycles. The van der Waals surface area contributed by atoms with E-state index in [9.17, 15) is 0 Å². The van der Waals surface area contributed by atoms with E-state index in [0.717, 1.165) is 19.3 Å². The summed E-state index contributed by atoms with van der Waals surface area (Å²) in [6.45, 7) is 0. The van der Waals surface area contributed by atoms with Crippen molar-refractivity contribution in [2.75, 3.05) is 0 Å². The van der Waals surface area contributed by atoms with Crippen molar-refractivity contribution in [3.05, 3.63) is 41.6 Å². The van der Waals surface area contributed by atoms with Gasteiger partial charge in [-0.3, -0.25) is 5.10 Å². The van der Waals surface area contributed by atoms with Crippen molar-refractivity contribution in [1.82, 2.24) is 10.2 Å². The van der Waals surface area contributed by atoms with Crippen LogP contribution in [0.15, 0.2) is 30.4 Å². The van der Waals surface area contributed by atoms with Crippen molar-refractivity contribution >= 4 is 10.9 Å². The standard InChI is InChI=1S/C12H12N2/c1-2-5-9-6-4-8-11-12(9)10(7-3-1)13-14-11/h1,3-4,6,8H,2,5,7H2,(H,13,14)/b3-1-. The molecule has 0 atom stereocenters. The van der Waals surface area contributed by atoms with Crippen molar-refractivity contribution < 1.29 is 0 Å². The van der Waals surface area contributed by atoms with E-state index in [0.29, 0.717) is 0 Å². The van der Waals surface area contributed by atoms with E-state index in [1.165, 1.54) is 22.2 Å². The van der Waals surface area contributed by atoms with Crippen LogP contribution in [0.5, 0.6) is 0 Å². The van der Waals surface area contributed by atoms with Crippen LogP contribution in [0.3, 0.4) is 0 Å². The summed E-state index contributed by atoms with van der Waals surface area (Å²) >= 11 is 0. The van der Waals surface area contributed by atoms with Crippen LogP contribution in [0.25, 0.3) is 10.9 Å². The molecule has 0 spiro atoms. The Morgan fingerprint density at radius 3 is 3.21 bits per heavy atom. The summed E-state index contributed by atoms with van der Waals surface area (Å²) in [5.74, 6) is 0. The van der Waals surface area contributed by atoms with Crippen molar-refractivity contribution in [3.63, 3.8) is 0 Å². The third kappa shape index (κ3) is 1.07. The maximum absolute atomic E-state index is 4.35. The molecule has 0 amide bonds. The number of hydrogen-bond acceptors (Lipinski definition) is 1. The first-order chi connectivity index (χ1) is 6.95. The number of aromatic amines is 1. The van der Waals surface area contributed by atoms with E-state index >= 15 is 0 Å². The van der Waals surface area contributed by atoms with E-state index in [-0.39, 0.29) is 0 Å². The Hall–Kier alpha value is -1.57. The first kappa shape index (κ1) is 7.80. The molecule has 1 aliphatic rings. The normalized spacial score (nSPS) is 17.7. The highest BCUT2D eigenvalue weighted by Gasteiger charge is 2.09. The number of benzene rings is 1. The molecule has 0 fully saturated rings. The topological polar surface area (TPSA) is 28.7 Å². The largest absolute Gasteiger partial charge is 0.278 e. The second-order valence-electron chi connectivity index (χ2n) is 3.72. The van der Waals surface area contributed by atoms with Gasteiger partial charge >= 0.3 is 0 Å². The predicted octanol–water partition coefficient (Wildman–Crippen LogP) is 2.61. The quantitative estimate of drug-likeness (QED) is 0.626. The molecule has 0 unspecified atom stereocenters. The van der Waals surface area contributed by atoms with Gasteiger partial charge in [0.2, 0.25) is 0 Å². The second-order valence-corrected chi connectivity index (χ2v) is 3.72. The Morgan fingerprint density at radius 2 is 2.21 bits per heavy atom. The molecule has 0 bridgehead atoms. The monoisotopic (exact) mass is 184 g/mol. The van der Waals surface area contributed by atoms with Crippen LogP contribution in [-0.2, 0) is 12.8 Å². The molecule has 0 aliphatic heterocycles. The minimum atomic E-state index is 0.955. The highest BCUT2D eigenvalue weighted by Crippen LogP contribution is 2.24. The van der Waals surface area contributed by atoms with Gasteiger partial charge in [-0.15, -0.1) is 0 Å². The van der Waals surface area contributed by atoms with Gasteiger partial charge in [-0.05, 0) is 24.5 Å². The average Bonchev–Trinajstić information content (AvgIpc) is 2.57. The number of aryl methyl sites for hydroxylation is 1. The Labute approximate surface area is 82.6 Å². The van der Waals surface area contributed by atoms with Gasteiger partial charge in [0, 0.05) is 11.8 Å². The zero-order chi connectivity index (χ0) is 9.38. The van der Waals surface area contributed by atoms with Gasteiger partial charge in [-0.25, -0.2) is 0 Å².